The van der Waals surface area contributed by atoms with Gasteiger partial charge in [-0.1, -0.05) is 33.6 Å². The SMILES string of the molecule is C/C(=N\NC(=O)c1cccc(C)c1)c1cc(Br)ccc1O. The molecule has 4 nitrogen and oxygen atoms in total. The lowest BCUT2D eigenvalue weighted by Gasteiger charge is -2.06. The highest BCUT2D eigenvalue weighted by Gasteiger charge is 2.08. The summed E-state index contributed by atoms with van der Waals surface area (Å²) in [4.78, 5) is 12.0. The zero-order valence-electron chi connectivity index (χ0n) is 11.7. The third-order valence-corrected chi connectivity index (χ3v) is 3.45. The number of hydrogen-bond acceptors (Lipinski definition) is 3. The Kier molecular flexibility index (Phi) is 4.75. The molecule has 0 heterocycles. The van der Waals surface area contributed by atoms with Crippen LogP contribution >= 0.6 is 15.9 Å². The van der Waals surface area contributed by atoms with Crippen LogP contribution in [0.4, 0.5) is 0 Å². The molecule has 2 aromatic rings. The van der Waals surface area contributed by atoms with Gasteiger partial charge >= 0.3 is 0 Å². The van der Waals surface area contributed by atoms with E-state index < -0.39 is 0 Å². The summed E-state index contributed by atoms with van der Waals surface area (Å²) in [6, 6.07) is 12.3. The number of aromatic hydroxyl groups is 1. The highest BCUT2D eigenvalue weighted by molar-refractivity contribution is 9.10. The summed E-state index contributed by atoms with van der Waals surface area (Å²) < 4.78 is 0.829. The minimum atomic E-state index is -0.285. The van der Waals surface area contributed by atoms with Crippen molar-refractivity contribution >= 4 is 27.5 Å². The second kappa shape index (κ2) is 6.54. The summed E-state index contributed by atoms with van der Waals surface area (Å²) >= 11 is 3.34. The fourth-order valence-corrected chi connectivity index (χ4v) is 2.20. The van der Waals surface area contributed by atoms with E-state index in [4.69, 9.17) is 0 Å². The van der Waals surface area contributed by atoms with Gasteiger partial charge in [0.1, 0.15) is 5.75 Å². The second-order valence-electron chi connectivity index (χ2n) is 4.67. The standard InChI is InChI=1S/C16H15BrN2O2/c1-10-4-3-5-12(8-10)16(21)19-18-11(2)14-9-13(17)6-7-15(14)20/h3-9,20H,1-2H3,(H,19,21)/b18-11+. The highest BCUT2D eigenvalue weighted by atomic mass is 79.9. The van der Waals surface area contributed by atoms with Crippen LogP contribution < -0.4 is 5.43 Å². The summed E-state index contributed by atoms with van der Waals surface area (Å²) in [5.41, 5.74) is 5.13. The van der Waals surface area contributed by atoms with Gasteiger partial charge in [-0.3, -0.25) is 4.79 Å². The molecule has 0 bridgehead atoms. The van der Waals surface area contributed by atoms with E-state index in [1.165, 1.54) is 0 Å². The van der Waals surface area contributed by atoms with Gasteiger partial charge in [-0.15, -0.1) is 0 Å². The maximum Gasteiger partial charge on any atom is 0.271 e. The van der Waals surface area contributed by atoms with E-state index in [2.05, 4.69) is 26.5 Å². The molecule has 0 aromatic heterocycles. The molecular formula is C16H15BrN2O2. The third-order valence-electron chi connectivity index (χ3n) is 2.95. The van der Waals surface area contributed by atoms with Gasteiger partial charge < -0.3 is 5.11 Å². The predicted octanol–water partition coefficient (Wildman–Crippen LogP) is 3.62. The Hall–Kier alpha value is -2.14. The van der Waals surface area contributed by atoms with Crippen LogP contribution in [0.15, 0.2) is 52.0 Å². The topological polar surface area (TPSA) is 61.7 Å². The number of halogens is 1. The van der Waals surface area contributed by atoms with Crippen LogP contribution in [0.1, 0.15) is 28.4 Å². The summed E-state index contributed by atoms with van der Waals surface area (Å²) in [5, 5.41) is 13.8. The molecule has 0 spiro atoms. The molecule has 21 heavy (non-hydrogen) atoms. The number of amides is 1. The van der Waals surface area contributed by atoms with Gasteiger partial charge in [-0.25, -0.2) is 5.43 Å². The van der Waals surface area contributed by atoms with E-state index >= 15 is 0 Å². The van der Waals surface area contributed by atoms with E-state index in [0.717, 1.165) is 10.0 Å². The maximum atomic E-state index is 12.0. The lowest BCUT2D eigenvalue weighted by Crippen LogP contribution is -2.19. The van der Waals surface area contributed by atoms with Crippen molar-refractivity contribution in [2.24, 2.45) is 5.10 Å². The van der Waals surface area contributed by atoms with Crippen LogP contribution in [0.25, 0.3) is 0 Å². The number of aryl methyl sites for hydroxylation is 1. The highest BCUT2D eigenvalue weighted by Crippen LogP contribution is 2.22. The Balaban J connectivity index is 2.17. The van der Waals surface area contributed by atoms with E-state index in [9.17, 15) is 9.90 Å². The van der Waals surface area contributed by atoms with Crippen molar-refractivity contribution in [1.29, 1.82) is 0 Å². The number of carbonyl (C=O) groups is 1. The molecule has 0 fully saturated rings. The van der Waals surface area contributed by atoms with Crippen molar-refractivity contribution in [3.63, 3.8) is 0 Å². The number of hydrazone groups is 1. The summed E-state index contributed by atoms with van der Waals surface area (Å²) in [7, 11) is 0. The van der Waals surface area contributed by atoms with E-state index in [1.54, 1.807) is 37.3 Å². The van der Waals surface area contributed by atoms with Crippen molar-refractivity contribution in [1.82, 2.24) is 5.43 Å². The molecule has 5 heteroatoms. The van der Waals surface area contributed by atoms with Crippen molar-refractivity contribution in [3.05, 3.63) is 63.6 Å². The van der Waals surface area contributed by atoms with E-state index in [0.29, 0.717) is 16.8 Å². The van der Waals surface area contributed by atoms with Gasteiger partial charge in [0.25, 0.3) is 5.91 Å². The smallest absolute Gasteiger partial charge is 0.271 e. The van der Waals surface area contributed by atoms with Crippen molar-refractivity contribution < 1.29 is 9.90 Å². The normalized spacial score (nSPS) is 11.3. The lowest BCUT2D eigenvalue weighted by atomic mass is 10.1. The molecule has 0 aliphatic rings. The van der Waals surface area contributed by atoms with Crippen molar-refractivity contribution in [2.75, 3.05) is 0 Å². The molecule has 0 atom stereocenters. The summed E-state index contributed by atoms with van der Waals surface area (Å²) in [5.74, 6) is -0.170. The third kappa shape index (κ3) is 3.92. The molecule has 0 radical (unpaired) electrons. The van der Waals surface area contributed by atoms with Crippen LogP contribution in [-0.2, 0) is 0 Å². The first kappa shape index (κ1) is 15.3. The van der Waals surface area contributed by atoms with Crippen molar-refractivity contribution in [2.45, 2.75) is 13.8 Å². The van der Waals surface area contributed by atoms with Crippen LogP contribution in [0.3, 0.4) is 0 Å². The molecule has 0 aliphatic carbocycles. The number of phenolic OH excluding ortho intramolecular Hbond substituents is 1. The Morgan fingerprint density at radius 1 is 1.24 bits per heavy atom. The van der Waals surface area contributed by atoms with Gasteiger partial charge in [0.05, 0.1) is 5.71 Å². The Labute approximate surface area is 131 Å². The Morgan fingerprint density at radius 3 is 2.71 bits per heavy atom. The van der Waals surface area contributed by atoms with E-state index in [-0.39, 0.29) is 11.7 Å². The first-order chi connectivity index (χ1) is 9.97. The largest absolute Gasteiger partial charge is 0.507 e. The number of nitrogens with one attached hydrogen (secondary N) is 1. The van der Waals surface area contributed by atoms with Gasteiger partial charge in [-0.2, -0.15) is 5.10 Å². The zero-order valence-corrected chi connectivity index (χ0v) is 13.3. The number of rotatable bonds is 3. The van der Waals surface area contributed by atoms with Crippen LogP contribution in [0.5, 0.6) is 5.75 Å². The maximum absolute atomic E-state index is 12.0. The lowest BCUT2D eigenvalue weighted by molar-refractivity contribution is 0.0954. The average molecular weight is 347 g/mol. The van der Waals surface area contributed by atoms with Gasteiger partial charge in [0.15, 0.2) is 0 Å². The first-order valence-corrected chi connectivity index (χ1v) is 7.17. The van der Waals surface area contributed by atoms with Gasteiger partial charge in [-0.05, 0) is 44.2 Å². The molecule has 108 valence electrons. The molecule has 2 aromatic carbocycles. The molecule has 0 saturated heterocycles. The van der Waals surface area contributed by atoms with Crippen LogP contribution in [0, 0.1) is 6.92 Å². The molecular weight excluding hydrogens is 332 g/mol. The minimum Gasteiger partial charge on any atom is -0.507 e. The predicted molar refractivity (Wildman–Crippen MR) is 86.7 cm³/mol. The molecule has 2 N–H and O–H groups in total. The van der Waals surface area contributed by atoms with Crippen LogP contribution in [0.2, 0.25) is 0 Å². The molecule has 1 amide bonds. The quantitative estimate of drug-likeness (QED) is 0.658. The molecule has 2 rings (SSSR count). The van der Waals surface area contributed by atoms with Gasteiger partial charge in [0.2, 0.25) is 0 Å². The minimum absolute atomic E-state index is 0.115. The number of nitrogens with zero attached hydrogens (tertiary/aromatic N) is 1. The molecule has 0 aliphatic heterocycles. The van der Waals surface area contributed by atoms with Crippen LogP contribution in [-0.4, -0.2) is 16.7 Å². The van der Waals surface area contributed by atoms with Crippen molar-refractivity contribution in [3.8, 4) is 5.75 Å². The first-order valence-electron chi connectivity index (χ1n) is 6.37. The molecule has 0 saturated carbocycles. The average Bonchev–Trinajstić information content (AvgIpc) is 2.47. The van der Waals surface area contributed by atoms with Gasteiger partial charge in [0, 0.05) is 15.6 Å². The second-order valence-corrected chi connectivity index (χ2v) is 5.58. The monoisotopic (exact) mass is 346 g/mol. The Morgan fingerprint density at radius 2 is 2.00 bits per heavy atom. The number of phenols is 1. The zero-order chi connectivity index (χ0) is 15.4. The fourth-order valence-electron chi connectivity index (χ4n) is 1.84. The molecule has 0 unspecified atom stereocenters. The fraction of sp³-hybridized carbons (Fsp3) is 0.125. The summed E-state index contributed by atoms with van der Waals surface area (Å²) in [6.45, 7) is 3.64. The van der Waals surface area contributed by atoms with E-state index in [1.807, 2.05) is 19.1 Å². The number of benzene rings is 2. The number of hydrogen-bond donors (Lipinski definition) is 2. The number of carbonyl (C=O) groups excluding carboxylic acids is 1. The Bertz CT molecular complexity index is 711. The summed E-state index contributed by atoms with van der Waals surface area (Å²) in [6.07, 6.45) is 0.